The van der Waals surface area contributed by atoms with Gasteiger partial charge in [0.1, 0.15) is 24.4 Å². The summed E-state index contributed by atoms with van der Waals surface area (Å²) in [4.78, 5) is 0. The smallest absolute Gasteiger partial charge is 0.169 e. The molecule has 0 bridgehead atoms. The summed E-state index contributed by atoms with van der Waals surface area (Å²) in [5.74, 6) is -0.617. The fraction of sp³-hybridized carbons (Fsp3) is 1.00. The molecule has 0 aromatic rings. The monoisotopic (exact) mass is 262 g/mol. The Morgan fingerprint density at radius 2 is 1.78 bits per heavy atom. The quantitative estimate of drug-likeness (QED) is 0.526. The van der Waals surface area contributed by atoms with E-state index in [4.69, 9.17) is 14.6 Å². The van der Waals surface area contributed by atoms with Crippen LogP contribution < -0.4 is 0 Å². The summed E-state index contributed by atoms with van der Waals surface area (Å²) in [5, 5.41) is 37.6. The number of aliphatic hydroxyl groups excluding tert-OH is 4. The van der Waals surface area contributed by atoms with Gasteiger partial charge in [-0.2, -0.15) is 0 Å². The summed E-state index contributed by atoms with van der Waals surface area (Å²) < 4.78 is 11.4. The van der Waals surface area contributed by atoms with Crippen LogP contribution in [0.15, 0.2) is 0 Å². The molecule has 0 amide bonds. The molecule has 2 rings (SSSR count). The number of ether oxygens (including phenoxy) is 2. The fourth-order valence-corrected chi connectivity index (χ4v) is 2.65. The summed E-state index contributed by atoms with van der Waals surface area (Å²) in [5.41, 5.74) is 0. The van der Waals surface area contributed by atoms with Crippen molar-refractivity contribution in [2.45, 2.75) is 62.3 Å². The van der Waals surface area contributed by atoms with Crippen LogP contribution in [-0.4, -0.2) is 63.8 Å². The highest BCUT2D eigenvalue weighted by molar-refractivity contribution is 4.89. The van der Waals surface area contributed by atoms with E-state index in [9.17, 15) is 15.3 Å². The van der Waals surface area contributed by atoms with Gasteiger partial charge >= 0.3 is 0 Å². The van der Waals surface area contributed by atoms with E-state index in [-0.39, 0.29) is 6.61 Å². The molecule has 1 saturated heterocycles. The number of aliphatic hydroxyl groups is 4. The largest absolute Gasteiger partial charge is 0.394 e. The highest BCUT2D eigenvalue weighted by Gasteiger charge is 2.46. The Morgan fingerprint density at radius 1 is 1.11 bits per heavy atom. The van der Waals surface area contributed by atoms with Crippen molar-refractivity contribution in [3.05, 3.63) is 0 Å². The van der Waals surface area contributed by atoms with Gasteiger partial charge in [0.2, 0.25) is 0 Å². The lowest BCUT2D eigenvalue weighted by Gasteiger charge is -2.33. The van der Waals surface area contributed by atoms with Crippen LogP contribution in [-0.2, 0) is 9.47 Å². The fourth-order valence-electron chi connectivity index (χ4n) is 2.65. The Hall–Kier alpha value is -0.240. The molecule has 6 nitrogen and oxygen atoms in total. The lowest BCUT2D eigenvalue weighted by atomic mass is 9.94. The van der Waals surface area contributed by atoms with Crippen LogP contribution >= 0.6 is 0 Å². The first-order valence-corrected chi connectivity index (χ1v) is 6.55. The highest BCUT2D eigenvalue weighted by atomic mass is 16.7. The first-order chi connectivity index (χ1) is 8.58. The maximum atomic E-state index is 9.91. The SMILES string of the molecule is OCC(O)C(O)[C@H](O)[C@@H]1COC2(CCCCC2)O1. The lowest BCUT2D eigenvalue weighted by molar-refractivity contribution is -0.205. The van der Waals surface area contributed by atoms with Crippen LogP contribution in [0.25, 0.3) is 0 Å². The Labute approximate surface area is 106 Å². The summed E-state index contributed by atoms with van der Waals surface area (Å²) >= 11 is 0. The molecule has 2 fully saturated rings. The maximum absolute atomic E-state index is 9.91. The summed E-state index contributed by atoms with van der Waals surface area (Å²) in [7, 11) is 0. The van der Waals surface area contributed by atoms with Gasteiger partial charge in [0, 0.05) is 12.8 Å². The molecule has 2 unspecified atom stereocenters. The number of hydrogen-bond acceptors (Lipinski definition) is 6. The van der Waals surface area contributed by atoms with Gasteiger partial charge in [-0.05, 0) is 12.8 Å². The molecule has 4 N–H and O–H groups in total. The van der Waals surface area contributed by atoms with Gasteiger partial charge in [0.15, 0.2) is 5.79 Å². The standard InChI is InChI=1S/C12H22O6/c13-6-8(14)10(15)11(16)9-7-17-12(18-9)4-2-1-3-5-12/h8-11,13-16H,1-7H2/t8?,9-,10?,11+/m0/s1. The zero-order chi connectivity index (χ0) is 13.2. The Morgan fingerprint density at radius 3 is 2.39 bits per heavy atom. The zero-order valence-electron chi connectivity index (χ0n) is 10.4. The third-order valence-electron chi connectivity index (χ3n) is 3.80. The van der Waals surface area contributed by atoms with E-state index in [0.717, 1.165) is 32.1 Å². The maximum Gasteiger partial charge on any atom is 0.169 e. The molecule has 6 heteroatoms. The van der Waals surface area contributed by atoms with Gasteiger partial charge in [-0.3, -0.25) is 0 Å². The second kappa shape index (κ2) is 5.81. The van der Waals surface area contributed by atoms with E-state index in [1.807, 2.05) is 0 Å². The first-order valence-electron chi connectivity index (χ1n) is 6.55. The van der Waals surface area contributed by atoms with E-state index in [1.54, 1.807) is 0 Å². The summed E-state index contributed by atoms with van der Waals surface area (Å²) in [6.45, 7) is -0.396. The molecule has 4 atom stereocenters. The van der Waals surface area contributed by atoms with Crippen molar-refractivity contribution < 1.29 is 29.9 Å². The zero-order valence-corrected chi connectivity index (χ0v) is 10.4. The second-order valence-corrected chi connectivity index (χ2v) is 5.17. The van der Waals surface area contributed by atoms with Crippen molar-refractivity contribution in [2.24, 2.45) is 0 Å². The lowest BCUT2D eigenvalue weighted by Crippen LogP contribution is -2.47. The van der Waals surface area contributed by atoms with Crippen molar-refractivity contribution in [3.8, 4) is 0 Å². The predicted molar refractivity (Wildman–Crippen MR) is 61.7 cm³/mol. The van der Waals surface area contributed by atoms with Crippen LogP contribution in [0, 0.1) is 0 Å². The first kappa shape index (κ1) is 14.2. The summed E-state index contributed by atoms with van der Waals surface area (Å²) in [6, 6.07) is 0. The summed E-state index contributed by atoms with van der Waals surface area (Å²) in [6.07, 6.45) is 0.119. The van der Waals surface area contributed by atoms with Crippen LogP contribution in [0.3, 0.4) is 0 Å². The Kier molecular flexibility index (Phi) is 4.58. The predicted octanol–water partition coefficient (Wildman–Crippen LogP) is -0.863. The van der Waals surface area contributed by atoms with Crippen molar-refractivity contribution in [3.63, 3.8) is 0 Å². The molecule has 1 aliphatic heterocycles. The Balaban J connectivity index is 1.91. The van der Waals surface area contributed by atoms with Crippen LogP contribution in [0.4, 0.5) is 0 Å². The minimum atomic E-state index is -1.43. The third kappa shape index (κ3) is 2.84. The van der Waals surface area contributed by atoms with E-state index in [1.165, 1.54) is 0 Å². The van der Waals surface area contributed by atoms with Gasteiger partial charge < -0.3 is 29.9 Å². The van der Waals surface area contributed by atoms with Gasteiger partial charge in [-0.15, -0.1) is 0 Å². The molecule has 0 aromatic heterocycles. The molecule has 0 radical (unpaired) electrons. The van der Waals surface area contributed by atoms with E-state index < -0.39 is 36.8 Å². The van der Waals surface area contributed by atoms with Crippen LogP contribution in [0.5, 0.6) is 0 Å². The van der Waals surface area contributed by atoms with Crippen molar-refractivity contribution in [1.29, 1.82) is 0 Å². The van der Waals surface area contributed by atoms with Gasteiger partial charge in [0.25, 0.3) is 0 Å². The topological polar surface area (TPSA) is 99.4 Å². The Bertz CT molecular complexity index is 265. The number of rotatable bonds is 4. The minimum Gasteiger partial charge on any atom is -0.394 e. The molecule has 1 heterocycles. The molecular formula is C12H22O6. The van der Waals surface area contributed by atoms with Crippen LogP contribution in [0.2, 0.25) is 0 Å². The van der Waals surface area contributed by atoms with Crippen molar-refractivity contribution >= 4 is 0 Å². The highest BCUT2D eigenvalue weighted by Crippen LogP contribution is 2.38. The molecule has 1 aliphatic carbocycles. The molecule has 1 saturated carbocycles. The molecular weight excluding hydrogens is 240 g/mol. The average Bonchev–Trinajstić information content (AvgIpc) is 2.80. The normalized spacial score (nSPS) is 32.3. The van der Waals surface area contributed by atoms with Crippen LogP contribution in [0.1, 0.15) is 32.1 Å². The van der Waals surface area contributed by atoms with Crippen molar-refractivity contribution in [2.75, 3.05) is 13.2 Å². The van der Waals surface area contributed by atoms with Gasteiger partial charge in [-0.1, -0.05) is 6.42 Å². The van der Waals surface area contributed by atoms with Crippen molar-refractivity contribution in [1.82, 2.24) is 0 Å². The third-order valence-corrected chi connectivity index (χ3v) is 3.80. The van der Waals surface area contributed by atoms with Gasteiger partial charge in [0.05, 0.1) is 13.2 Å². The minimum absolute atomic E-state index is 0.205. The van der Waals surface area contributed by atoms with Gasteiger partial charge in [-0.25, -0.2) is 0 Å². The molecule has 18 heavy (non-hydrogen) atoms. The van der Waals surface area contributed by atoms with E-state index >= 15 is 0 Å². The molecule has 106 valence electrons. The molecule has 0 aromatic carbocycles. The molecule has 2 aliphatic rings. The second-order valence-electron chi connectivity index (χ2n) is 5.17. The average molecular weight is 262 g/mol. The van der Waals surface area contributed by atoms with E-state index in [2.05, 4.69) is 0 Å². The number of hydrogen-bond donors (Lipinski definition) is 4. The molecule has 1 spiro atoms. The van der Waals surface area contributed by atoms with E-state index in [0.29, 0.717) is 0 Å².